The summed E-state index contributed by atoms with van der Waals surface area (Å²) in [6.07, 6.45) is 1.81. The van der Waals surface area contributed by atoms with Gasteiger partial charge in [0, 0.05) is 47.8 Å². The SMILES string of the molecule is CNC(=O)c1c(-c2ccc(Oc3ccc(F)cc3)cc2)oc2cc(CN(Cc3ccc(B(O)O)c(F)c3)S(=O)[O-])c(C3CC3)cc12. The molecule has 1 aliphatic rings. The monoisotopic (exact) mass is 645 g/mol. The van der Waals surface area contributed by atoms with Crippen LogP contribution in [0.1, 0.15) is 45.8 Å². The molecule has 1 fully saturated rings. The fraction of sp³-hybridized carbons (Fsp3) is 0.182. The molecule has 4 aromatic carbocycles. The highest BCUT2D eigenvalue weighted by Crippen LogP contribution is 2.45. The fourth-order valence-corrected chi connectivity index (χ4v) is 5.91. The van der Waals surface area contributed by atoms with Crippen LogP contribution in [0.25, 0.3) is 22.3 Å². The Hall–Kier alpha value is -4.40. The van der Waals surface area contributed by atoms with E-state index in [9.17, 15) is 32.4 Å². The van der Waals surface area contributed by atoms with Crippen LogP contribution in [0.4, 0.5) is 8.78 Å². The molecule has 0 aliphatic heterocycles. The standard InChI is InChI=1S/C33H29BF2N2O7S/c1-37-33(39)31-27-16-26(20-3-4-20)22(18-38(46(42)43)17-19-2-13-28(34(40)41)29(36)14-19)15-30(27)45-32(31)21-5-9-24(10-6-21)44-25-11-7-23(35)8-12-25/h2,5-16,20,40-41H,3-4,17-18H2,1H3,(H,37,39)(H,42,43)/p-1. The van der Waals surface area contributed by atoms with Gasteiger partial charge in [-0.3, -0.25) is 9.00 Å². The Morgan fingerprint density at radius 3 is 2.28 bits per heavy atom. The third-order valence-electron chi connectivity index (χ3n) is 7.85. The second-order valence-corrected chi connectivity index (χ2v) is 12.0. The maximum Gasteiger partial charge on any atom is 0.491 e. The Bertz CT molecular complexity index is 1930. The van der Waals surface area contributed by atoms with Crippen LogP contribution in [0.2, 0.25) is 0 Å². The van der Waals surface area contributed by atoms with Gasteiger partial charge in [0.25, 0.3) is 5.91 Å². The van der Waals surface area contributed by atoms with Gasteiger partial charge in [-0.1, -0.05) is 12.1 Å². The highest BCUT2D eigenvalue weighted by atomic mass is 32.2. The maximum absolute atomic E-state index is 14.4. The largest absolute Gasteiger partial charge is 0.760 e. The smallest absolute Gasteiger partial charge is 0.491 e. The van der Waals surface area contributed by atoms with Crippen LogP contribution in [0.5, 0.6) is 11.5 Å². The second-order valence-electron chi connectivity index (χ2n) is 11.0. The summed E-state index contributed by atoms with van der Waals surface area (Å²) in [6, 6.07) is 19.9. The number of furan rings is 1. The first-order valence-electron chi connectivity index (χ1n) is 14.4. The Labute approximate surface area is 266 Å². The van der Waals surface area contributed by atoms with Crippen molar-refractivity contribution in [2.45, 2.75) is 31.8 Å². The molecule has 1 heterocycles. The Morgan fingerprint density at radius 1 is 1.02 bits per heavy atom. The van der Waals surface area contributed by atoms with Crippen LogP contribution < -0.4 is 15.5 Å². The minimum atomic E-state index is -2.68. The van der Waals surface area contributed by atoms with Crippen LogP contribution in [-0.2, 0) is 24.4 Å². The van der Waals surface area contributed by atoms with Crippen molar-refractivity contribution in [2.75, 3.05) is 7.05 Å². The molecule has 1 unspecified atom stereocenters. The number of hydrogen-bond donors (Lipinski definition) is 3. The van der Waals surface area contributed by atoms with Gasteiger partial charge in [-0.05, 0) is 102 Å². The lowest BCUT2D eigenvalue weighted by molar-refractivity contribution is 0.0964. The van der Waals surface area contributed by atoms with Gasteiger partial charge in [-0.25, -0.2) is 13.1 Å². The lowest BCUT2D eigenvalue weighted by Gasteiger charge is -2.25. The van der Waals surface area contributed by atoms with Crippen molar-refractivity contribution < 1.29 is 41.5 Å². The number of rotatable bonds is 11. The van der Waals surface area contributed by atoms with Gasteiger partial charge in [0.05, 0.1) is 5.56 Å². The molecular weight excluding hydrogens is 617 g/mol. The van der Waals surface area contributed by atoms with Crippen LogP contribution in [0, 0.1) is 11.6 Å². The van der Waals surface area contributed by atoms with Crippen molar-refractivity contribution in [1.29, 1.82) is 0 Å². The number of amides is 1. The highest BCUT2D eigenvalue weighted by Gasteiger charge is 2.30. The van der Waals surface area contributed by atoms with Gasteiger partial charge in [-0.2, -0.15) is 0 Å². The van der Waals surface area contributed by atoms with Gasteiger partial charge in [-0.15, -0.1) is 0 Å². The minimum Gasteiger partial charge on any atom is -0.760 e. The first-order chi connectivity index (χ1) is 22.1. The molecule has 46 heavy (non-hydrogen) atoms. The number of carbonyl (C=O) groups is 1. The quantitative estimate of drug-likeness (QED) is 0.138. The minimum absolute atomic E-state index is 0.0371. The number of ether oxygens (including phenoxy) is 1. The van der Waals surface area contributed by atoms with Gasteiger partial charge >= 0.3 is 7.12 Å². The molecule has 3 N–H and O–H groups in total. The zero-order valence-electron chi connectivity index (χ0n) is 24.5. The van der Waals surface area contributed by atoms with Crippen molar-refractivity contribution in [2.24, 2.45) is 0 Å². The van der Waals surface area contributed by atoms with Gasteiger partial charge < -0.3 is 29.1 Å². The molecule has 1 atom stereocenters. The predicted molar refractivity (Wildman–Crippen MR) is 168 cm³/mol. The number of nitrogens with zero attached hydrogens (tertiary/aromatic N) is 1. The molecule has 1 aliphatic carbocycles. The first kappa shape index (κ1) is 31.6. The van der Waals surface area contributed by atoms with E-state index in [4.69, 9.17) is 9.15 Å². The summed E-state index contributed by atoms with van der Waals surface area (Å²) >= 11 is -2.68. The summed E-state index contributed by atoms with van der Waals surface area (Å²) in [4.78, 5) is 13.2. The average Bonchev–Trinajstić information content (AvgIpc) is 3.81. The maximum atomic E-state index is 14.4. The van der Waals surface area contributed by atoms with E-state index in [0.29, 0.717) is 50.5 Å². The van der Waals surface area contributed by atoms with Gasteiger partial charge in [0.1, 0.15) is 34.5 Å². The second kappa shape index (κ2) is 13.1. The normalized spacial score (nSPS) is 13.6. The first-order valence-corrected chi connectivity index (χ1v) is 15.5. The van der Waals surface area contributed by atoms with E-state index >= 15 is 0 Å². The number of halogens is 2. The molecule has 0 radical (unpaired) electrons. The van der Waals surface area contributed by atoms with E-state index in [1.807, 2.05) is 6.07 Å². The molecule has 1 amide bonds. The molecule has 0 bridgehead atoms. The predicted octanol–water partition coefficient (Wildman–Crippen LogP) is 4.88. The fourth-order valence-electron chi connectivity index (χ4n) is 5.41. The van der Waals surface area contributed by atoms with Crippen molar-refractivity contribution in [3.05, 3.63) is 113 Å². The van der Waals surface area contributed by atoms with Crippen molar-refractivity contribution in [3.8, 4) is 22.8 Å². The molecule has 1 aromatic heterocycles. The molecule has 13 heteroatoms. The lowest BCUT2D eigenvalue weighted by Crippen LogP contribution is -2.33. The summed E-state index contributed by atoms with van der Waals surface area (Å²) in [5.74, 6) is -0.112. The third kappa shape index (κ3) is 6.74. The molecule has 0 spiro atoms. The molecule has 6 rings (SSSR count). The number of carbonyl (C=O) groups excluding carboxylic acids is 1. The van der Waals surface area contributed by atoms with Crippen molar-refractivity contribution in [3.63, 3.8) is 0 Å². The molecule has 5 aromatic rings. The van der Waals surface area contributed by atoms with Crippen LogP contribution in [-0.4, -0.2) is 43.2 Å². The molecule has 9 nitrogen and oxygen atoms in total. The van der Waals surface area contributed by atoms with E-state index in [1.165, 1.54) is 43.4 Å². The van der Waals surface area contributed by atoms with Crippen molar-refractivity contribution >= 4 is 40.7 Å². The molecular formula is C33H28BF2N2O7S-. The summed E-state index contributed by atoms with van der Waals surface area (Å²) < 4.78 is 65.5. The summed E-state index contributed by atoms with van der Waals surface area (Å²) in [5, 5.41) is 21.9. The summed E-state index contributed by atoms with van der Waals surface area (Å²) in [6.45, 7) is -0.194. The zero-order chi connectivity index (χ0) is 32.5. The van der Waals surface area contributed by atoms with E-state index in [2.05, 4.69) is 5.32 Å². The molecule has 236 valence electrons. The lowest BCUT2D eigenvalue weighted by atomic mass is 9.79. The number of fused-ring (bicyclic) bond motifs is 1. The average molecular weight is 645 g/mol. The van der Waals surface area contributed by atoms with E-state index in [1.54, 1.807) is 30.3 Å². The topological polar surface area (TPSA) is 135 Å². The van der Waals surface area contributed by atoms with E-state index < -0.39 is 24.2 Å². The number of benzene rings is 4. The molecule has 0 saturated heterocycles. The molecule has 1 saturated carbocycles. The Morgan fingerprint density at radius 2 is 1.70 bits per heavy atom. The zero-order valence-corrected chi connectivity index (χ0v) is 25.4. The number of nitrogens with one attached hydrogen (secondary N) is 1. The highest BCUT2D eigenvalue weighted by molar-refractivity contribution is 7.76. The Kier molecular flexibility index (Phi) is 9.03. The third-order valence-corrected chi connectivity index (χ3v) is 8.53. The van der Waals surface area contributed by atoms with Gasteiger partial charge in [0.2, 0.25) is 0 Å². The van der Waals surface area contributed by atoms with E-state index in [0.717, 1.165) is 28.8 Å². The summed E-state index contributed by atoms with van der Waals surface area (Å²) in [7, 11) is -0.462. The summed E-state index contributed by atoms with van der Waals surface area (Å²) in [5.41, 5.74) is 2.94. The van der Waals surface area contributed by atoms with Crippen LogP contribution >= 0.6 is 0 Å². The van der Waals surface area contributed by atoms with Gasteiger partial charge in [0.15, 0.2) is 0 Å². The van der Waals surface area contributed by atoms with Crippen LogP contribution in [0.3, 0.4) is 0 Å². The van der Waals surface area contributed by atoms with Crippen LogP contribution in [0.15, 0.2) is 83.3 Å². The number of hydrogen-bond acceptors (Lipinski definition) is 7. The van der Waals surface area contributed by atoms with E-state index in [-0.39, 0.29) is 36.2 Å². The van der Waals surface area contributed by atoms with Crippen molar-refractivity contribution in [1.82, 2.24) is 9.62 Å². The Balaban J connectivity index is 1.34.